The molecule has 0 aliphatic rings. The Hall–Kier alpha value is -3.49. The number of methoxy groups -OCH3 is 1. The van der Waals surface area contributed by atoms with Crippen molar-refractivity contribution < 1.29 is 31.9 Å². The largest absolute Gasteiger partial charge is 0.496 e. The molecule has 6 nitrogen and oxygen atoms in total. The maximum absolute atomic E-state index is 12.8. The topological polar surface area (TPSA) is 98.5 Å². The van der Waals surface area contributed by atoms with Crippen LogP contribution in [0.15, 0.2) is 47.1 Å². The highest BCUT2D eigenvalue weighted by atomic mass is 19.4. The normalized spacial score (nSPS) is 11.4. The molecule has 0 saturated carbocycles. The summed E-state index contributed by atoms with van der Waals surface area (Å²) < 4.78 is 53.7. The zero-order valence-electron chi connectivity index (χ0n) is 13.9. The van der Waals surface area contributed by atoms with E-state index in [0.29, 0.717) is 5.39 Å². The molecule has 0 amide bonds. The van der Waals surface area contributed by atoms with E-state index < -0.39 is 23.7 Å². The van der Waals surface area contributed by atoms with Gasteiger partial charge in [0.05, 0.1) is 24.5 Å². The van der Waals surface area contributed by atoms with E-state index in [1.54, 1.807) is 30.3 Å². The molecular weight excluding hydrogens is 365 g/mol. The van der Waals surface area contributed by atoms with E-state index in [0.717, 1.165) is 0 Å². The van der Waals surface area contributed by atoms with Gasteiger partial charge < -0.3 is 19.6 Å². The maximum Gasteiger partial charge on any atom is 0.491 e. The number of carbonyl (C=O) groups excluding carboxylic acids is 1. The van der Waals surface area contributed by atoms with Crippen LogP contribution in [0.2, 0.25) is 0 Å². The van der Waals surface area contributed by atoms with Gasteiger partial charge in [0.2, 0.25) is 0 Å². The van der Waals surface area contributed by atoms with Crippen molar-refractivity contribution in [2.75, 3.05) is 7.11 Å². The molecule has 3 N–H and O–H groups in total. The first-order valence-electron chi connectivity index (χ1n) is 7.55. The van der Waals surface area contributed by atoms with Gasteiger partial charge in [-0.1, -0.05) is 12.1 Å². The van der Waals surface area contributed by atoms with Crippen molar-refractivity contribution in [3.05, 3.63) is 48.2 Å². The van der Waals surface area contributed by atoms with Crippen LogP contribution >= 0.6 is 0 Å². The van der Waals surface area contributed by atoms with E-state index in [1.165, 1.54) is 19.4 Å². The number of hydrogen-bond donors (Lipinski definition) is 2. The number of nitrogens with one attached hydrogen (secondary N) is 1. The number of benzene rings is 2. The molecule has 0 radical (unpaired) electrons. The molecule has 9 heteroatoms. The van der Waals surface area contributed by atoms with E-state index in [2.05, 4.69) is 4.74 Å². The van der Waals surface area contributed by atoms with Gasteiger partial charge in [0.15, 0.2) is 5.75 Å². The molecule has 1 aromatic heterocycles. The third-order valence-electron chi connectivity index (χ3n) is 3.80. The second-order valence-electron chi connectivity index (χ2n) is 5.46. The lowest BCUT2D eigenvalue weighted by atomic mass is 9.97. The van der Waals surface area contributed by atoms with Crippen LogP contribution in [-0.4, -0.2) is 25.1 Å². The summed E-state index contributed by atoms with van der Waals surface area (Å²) >= 11 is 0. The van der Waals surface area contributed by atoms with Gasteiger partial charge >= 0.3 is 12.1 Å². The van der Waals surface area contributed by atoms with Gasteiger partial charge in [-0.15, -0.1) is 0 Å². The highest BCUT2D eigenvalue weighted by Gasteiger charge is 2.42. The van der Waals surface area contributed by atoms with Gasteiger partial charge in [0.1, 0.15) is 17.3 Å². The monoisotopic (exact) mass is 378 g/mol. The number of furan rings is 1. The fourth-order valence-corrected chi connectivity index (χ4v) is 2.67. The summed E-state index contributed by atoms with van der Waals surface area (Å²) in [4.78, 5) is 11.5. The van der Waals surface area contributed by atoms with Crippen molar-refractivity contribution >= 4 is 22.6 Å². The molecule has 0 fully saturated rings. The van der Waals surface area contributed by atoms with Crippen molar-refractivity contribution in [2.24, 2.45) is 5.73 Å². The molecule has 0 unspecified atom stereocenters. The third kappa shape index (κ3) is 3.31. The highest BCUT2D eigenvalue weighted by molar-refractivity contribution is 6.10. The Balaban J connectivity index is 2.40. The number of hydrogen-bond acceptors (Lipinski definition) is 5. The Labute approximate surface area is 150 Å². The van der Waals surface area contributed by atoms with Gasteiger partial charge in [-0.2, -0.15) is 13.2 Å². The summed E-state index contributed by atoms with van der Waals surface area (Å²) in [5.41, 5.74) is 5.59. The van der Waals surface area contributed by atoms with Gasteiger partial charge in [0, 0.05) is 5.39 Å². The fourth-order valence-electron chi connectivity index (χ4n) is 2.67. The summed E-state index contributed by atoms with van der Waals surface area (Å²) in [5, 5.41) is 8.19. The van der Waals surface area contributed by atoms with Gasteiger partial charge in [-0.3, -0.25) is 5.41 Å². The number of alkyl halides is 3. The lowest BCUT2D eigenvalue weighted by molar-refractivity contribution is -0.189. The number of carbonyl (C=O) groups is 1. The van der Waals surface area contributed by atoms with Crippen LogP contribution < -0.4 is 15.2 Å². The Morgan fingerprint density at radius 3 is 2.44 bits per heavy atom. The van der Waals surface area contributed by atoms with E-state index in [1.807, 2.05) is 0 Å². The van der Waals surface area contributed by atoms with Crippen molar-refractivity contribution in [2.45, 2.75) is 6.18 Å². The highest BCUT2D eigenvalue weighted by Crippen LogP contribution is 2.43. The molecule has 0 atom stereocenters. The number of amidine groups is 1. The SMILES string of the molecule is COc1ccc2ccc(C(=N)N)c(OC(=O)C(F)(F)F)c2c1-c1ccco1. The van der Waals surface area contributed by atoms with Crippen molar-refractivity contribution in [1.82, 2.24) is 0 Å². The predicted octanol–water partition coefficient (Wildman–Crippen LogP) is 3.86. The molecule has 3 rings (SSSR count). The quantitative estimate of drug-likeness (QED) is 0.311. The minimum absolute atomic E-state index is 0.106. The first-order chi connectivity index (χ1) is 12.7. The lowest BCUT2D eigenvalue weighted by Gasteiger charge is -2.17. The number of esters is 1. The predicted molar refractivity (Wildman–Crippen MR) is 90.9 cm³/mol. The number of halogens is 3. The first kappa shape index (κ1) is 18.3. The van der Waals surface area contributed by atoms with E-state index in [4.69, 9.17) is 20.3 Å². The van der Waals surface area contributed by atoms with Crippen LogP contribution in [0.4, 0.5) is 13.2 Å². The average molecular weight is 378 g/mol. The fraction of sp³-hybridized carbons (Fsp3) is 0.111. The Bertz CT molecular complexity index is 1030. The minimum Gasteiger partial charge on any atom is -0.496 e. The molecule has 2 aromatic carbocycles. The molecule has 1 heterocycles. The zero-order chi connectivity index (χ0) is 19.8. The smallest absolute Gasteiger partial charge is 0.491 e. The van der Waals surface area contributed by atoms with E-state index in [-0.39, 0.29) is 28.0 Å². The van der Waals surface area contributed by atoms with E-state index in [9.17, 15) is 18.0 Å². The lowest BCUT2D eigenvalue weighted by Crippen LogP contribution is -2.29. The summed E-state index contributed by atoms with van der Waals surface area (Å²) in [5.74, 6) is -2.92. The van der Waals surface area contributed by atoms with Crippen LogP contribution in [0.5, 0.6) is 11.5 Å². The summed E-state index contributed by atoms with van der Waals surface area (Å²) in [6.07, 6.45) is -3.84. The number of rotatable bonds is 4. The average Bonchev–Trinajstić information content (AvgIpc) is 3.13. The Morgan fingerprint density at radius 2 is 1.89 bits per heavy atom. The molecule has 3 aromatic rings. The summed E-state index contributed by atoms with van der Waals surface area (Å²) in [6.45, 7) is 0. The minimum atomic E-state index is -5.22. The second-order valence-corrected chi connectivity index (χ2v) is 5.46. The molecule has 140 valence electrons. The number of nitrogen functional groups attached to an aromatic ring is 1. The molecular formula is C18H13F3N2O4. The molecule has 0 aliphatic heterocycles. The zero-order valence-corrected chi connectivity index (χ0v) is 13.9. The first-order valence-corrected chi connectivity index (χ1v) is 7.55. The van der Waals surface area contributed by atoms with Crippen LogP contribution in [0.3, 0.4) is 0 Å². The molecule has 0 saturated heterocycles. The Kier molecular flexibility index (Phi) is 4.52. The van der Waals surface area contributed by atoms with Crippen LogP contribution in [0.1, 0.15) is 5.56 Å². The van der Waals surface area contributed by atoms with Crippen LogP contribution in [0.25, 0.3) is 22.1 Å². The van der Waals surface area contributed by atoms with Crippen molar-refractivity contribution in [3.8, 4) is 22.8 Å². The van der Waals surface area contributed by atoms with Crippen molar-refractivity contribution in [1.29, 1.82) is 5.41 Å². The standard InChI is InChI=1S/C18H13F3N2O4/c1-25-11-7-5-9-4-6-10(16(22)23)15(27-17(24)18(19,20)21)13(9)14(11)12-3-2-8-26-12/h2-8H,1H3,(H3,22,23). The van der Waals surface area contributed by atoms with Crippen LogP contribution in [-0.2, 0) is 4.79 Å². The molecule has 27 heavy (non-hydrogen) atoms. The molecule has 0 bridgehead atoms. The van der Waals surface area contributed by atoms with Gasteiger partial charge in [-0.05, 0) is 29.7 Å². The molecule has 0 aliphatic carbocycles. The molecule has 0 spiro atoms. The maximum atomic E-state index is 12.8. The second kappa shape index (κ2) is 6.67. The summed E-state index contributed by atoms with van der Waals surface area (Å²) in [6, 6.07) is 9.19. The van der Waals surface area contributed by atoms with Crippen molar-refractivity contribution in [3.63, 3.8) is 0 Å². The Morgan fingerprint density at radius 1 is 1.19 bits per heavy atom. The number of ether oxygens (including phenoxy) is 2. The van der Waals surface area contributed by atoms with Gasteiger partial charge in [0.25, 0.3) is 0 Å². The number of nitrogens with two attached hydrogens (primary N) is 1. The van der Waals surface area contributed by atoms with Gasteiger partial charge in [-0.25, -0.2) is 4.79 Å². The van der Waals surface area contributed by atoms with E-state index >= 15 is 0 Å². The summed E-state index contributed by atoms with van der Waals surface area (Å²) in [7, 11) is 1.38. The third-order valence-corrected chi connectivity index (χ3v) is 3.80. The van der Waals surface area contributed by atoms with Crippen LogP contribution in [0, 0.1) is 5.41 Å². The number of fused-ring (bicyclic) bond motifs is 1.